The van der Waals surface area contributed by atoms with Crippen LogP contribution >= 0.6 is 0 Å². The van der Waals surface area contributed by atoms with Gasteiger partial charge < -0.3 is 14.6 Å². The predicted octanol–water partition coefficient (Wildman–Crippen LogP) is 5.68. The number of hydrogen-bond donors (Lipinski definition) is 1. The van der Waals surface area contributed by atoms with E-state index in [-0.39, 0.29) is 27.9 Å². The first-order valence-corrected chi connectivity index (χ1v) is 12.4. The van der Waals surface area contributed by atoms with Gasteiger partial charge in [0, 0.05) is 38.0 Å². The molecular formula is C28H32F2N4O2. The van der Waals surface area contributed by atoms with Gasteiger partial charge in [0.2, 0.25) is 0 Å². The monoisotopic (exact) mass is 494 g/mol. The van der Waals surface area contributed by atoms with Gasteiger partial charge in [-0.3, -0.25) is 4.79 Å². The molecule has 2 aliphatic rings. The maximum absolute atomic E-state index is 15.1. The van der Waals surface area contributed by atoms with Gasteiger partial charge in [0.15, 0.2) is 17.5 Å². The number of aryl methyl sites for hydroxylation is 1. The van der Waals surface area contributed by atoms with E-state index in [2.05, 4.69) is 28.9 Å². The number of phenolic OH excluding ortho intramolecular Hbond substituents is 1. The molecule has 8 heteroatoms. The fourth-order valence-corrected chi connectivity index (χ4v) is 6.60. The van der Waals surface area contributed by atoms with Gasteiger partial charge in [0.1, 0.15) is 5.75 Å². The van der Waals surface area contributed by atoms with Gasteiger partial charge >= 0.3 is 0 Å². The number of phenols is 1. The molecule has 2 aromatic heterocycles. The summed E-state index contributed by atoms with van der Waals surface area (Å²) in [7, 11) is 3.57. The van der Waals surface area contributed by atoms with E-state index in [0.717, 1.165) is 18.9 Å². The van der Waals surface area contributed by atoms with Gasteiger partial charge in [-0.1, -0.05) is 20.3 Å². The average molecular weight is 495 g/mol. The summed E-state index contributed by atoms with van der Waals surface area (Å²) in [5.74, 6) is -2.20. The topological polar surface area (TPSA) is 71.2 Å². The van der Waals surface area contributed by atoms with E-state index in [0.29, 0.717) is 22.7 Å². The second kappa shape index (κ2) is 8.68. The van der Waals surface area contributed by atoms with Crippen molar-refractivity contribution in [3.63, 3.8) is 0 Å². The first kappa shape index (κ1) is 24.4. The highest BCUT2D eigenvalue weighted by atomic mass is 19.2. The van der Waals surface area contributed by atoms with E-state index in [9.17, 15) is 9.90 Å². The first-order valence-electron chi connectivity index (χ1n) is 12.4. The summed E-state index contributed by atoms with van der Waals surface area (Å²) in [6.45, 7) is 4.77. The van der Waals surface area contributed by atoms with Gasteiger partial charge in [-0.25, -0.2) is 8.78 Å². The highest BCUT2D eigenvalue weighted by Gasteiger charge is 2.47. The van der Waals surface area contributed by atoms with E-state index < -0.39 is 17.4 Å². The molecule has 1 aromatic carbocycles. The van der Waals surface area contributed by atoms with Gasteiger partial charge in [0.05, 0.1) is 11.3 Å². The molecule has 2 heterocycles. The molecule has 0 aliphatic heterocycles. The van der Waals surface area contributed by atoms with E-state index in [1.807, 2.05) is 7.05 Å². The summed E-state index contributed by atoms with van der Waals surface area (Å²) in [6, 6.07) is 7.43. The van der Waals surface area contributed by atoms with Gasteiger partial charge in [-0.2, -0.15) is 0 Å². The van der Waals surface area contributed by atoms with E-state index in [4.69, 9.17) is 0 Å². The van der Waals surface area contributed by atoms with Crippen LogP contribution in [-0.4, -0.2) is 33.0 Å². The third kappa shape index (κ3) is 4.27. The number of rotatable bonds is 4. The van der Waals surface area contributed by atoms with Crippen LogP contribution in [0.1, 0.15) is 52.4 Å². The van der Waals surface area contributed by atoms with Crippen molar-refractivity contribution in [3.8, 4) is 28.1 Å². The Kier molecular flexibility index (Phi) is 5.88. The number of halogens is 2. The van der Waals surface area contributed by atoms with E-state index in [1.54, 1.807) is 19.2 Å². The number of pyridine rings is 1. The number of aromatic hydroxyl groups is 1. The van der Waals surface area contributed by atoms with Crippen molar-refractivity contribution in [2.75, 3.05) is 11.9 Å². The molecule has 1 unspecified atom stereocenters. The lowest BCUT2D eigenvalue weighted by Gasteiger charge is -2.54. The summed E-state index contributed by atoms with van der Waals surface area (Å²) in [5, 5.41) is 19.1. The van der Waals surface area contributed by atoms with Crippen LogP contribution in [0.15, 0.2) is 41.3 Å². The molecule has 2 aliphatic carbocycles. The Bertz CT molecular complexity index is 1360. The van der Waals surface area contributed by atoms with Crippen molar-refractivity contribution in [2.45, 2.75) is 58.4 Å². The quantitative estimate of drug-likeness (QED) is 0.505. The summed E-state index contributed by atoms with van der Waals surface area (Å²) in [4.78, 5) is 14.1. The number of hydrogen-bond acceptors (Lipinski definition) is 5. The predicted molar refractivity (Wildman–Crippen MR) is 136 cm³/mol. The molecule has 3 atom stereocenters. The van der Waals surface area contributed by atoms with Crippen molar-refractivity contribution < 1.29 is 13.9 Å². The molecule has 0 spiro atoms. The Morgan fingerprint density at radius 2 is 1.75 bits per heavy atom. The van der Waals surface area contributed by atoms with Crippen molar-refractivity contribution in [3.05, 3.63) is 58.5 Å². The van der Waals surface area contributed by atoms with E-state index in [1.165, 1.54) is 48.6 Å². The smallest absolute Gasteiger partial charge is 0.250 e. The lowest BCUT2D eigenvalue weighted by molar-refractivity contribution is 0.0141. The maximum atomic E-state index is 15.1. The lowest BCUT2D eigenvalue weighted by atomic mass is 9.55. The van der Waals surface area contributed by atoms with Gasteiger partial charge in [-0.05, 0) is 72.8 Å². The number of fused-ring (bicyclic) bond motifs is 2. The highest BCUT2D eigenvalue weighted by molar-refractivity contribution is 5.75. The Morgan fingerprint density at radius 3 is 2.36 bits per heavy atom. The third-order valence-corrected chi connectivity index (χ3v) is 8.29. The molecule has 190 valence electrons. The second-order valence-corrected chi connectivity index (χ2v) is 11.4. The summed E-state index contributed by atoms with van der Waals surface area (Å²) in [5.41, 5.74) is -0.0422. The molecular weight excluding hydrogens is 462 g/mol. The van der Waals surface area contributed by atoms with Crippen LogP contribution in [0.2, 0.25) is 0 Å². The minimum Gasteiger partial charge on any atom is -0.507 e. The van der Waals surface area contributed by atoms with Crippen molar-refractivity contribution in [1.82, 2.24) is 14.8 Å². The van der Waals surface area contributed by atoms with Crippen LogP contribution in [0.3, 0.4) is 0 Å². The zero-order chi connectivity index (χ0) is 25.8. The zero-order valence-electron chi connectivity index (χ0n) is 21.2. The number of nitrogens with zero attached hydrogens (tertiary/aromatic N) is 4. The largest absolute Gasteiger partial charge is 0.507 e. The van der Waals surface area contributed by atoms with E-state index >= 15 is 8.78 Å². The maximum Gasteiger partial charge on any atom is 0.250 e. The zero-order valence-corrected chi connectivity index (χ0v) is 21.2. The van der Waals surface area contributed by atoms with Crippen LogP contribution in [0, 0.1) is 22.5 Å². The average Bonchev–Trinajstić information content (AvgIpc) is 2.82. The minimum absolute atomic E-state index is 0.0380. The summed E-state index contributed by atoms with van der Waals surface area (Å²) < 4.78 is 31.5. The second-order valence-electron chi connectivity index (χ2n) is 11.4. The number of benzene rings is 1. The van der Waals surface area contributed by atoms with Crippen molar-refractivity contribution >= 4 is 5.82 Å². The fraction of sp³-hybridized carbons (Fsp3) is 0.464. The molecule has 0 saturated heterocycles. The molecule has 0 amide bonds. The van der Waals surface area contributed by atoms with Crippen molar-refractivity contribution in [1.29, 1.82) is 0 Å². The van der Waals surface area contributed by atoms with Gasteiger partial charge in [-0.15, -0.1) is 10.2 Å². The molecule has 5 rings (SSSR count). The molecule has 6 nitrogen and oxygen atoms in total. The van der Waals surface area contributed by atoms with Crippen LogP contribution in [-0.2, 0) is 7.05 Å². The normalized spacial score (nSPS) is 25.6. The van der Waals surface area contributed by atoms with Crippen LogP contribution in [0.25, 0.3) is 22.4 Å². The first-order chi connectivity index (χ1) is 17.0. The molecule has 0 radical (unpaired) electrons. The van der Waals surface area contributed by atoms with Gasteiger partial charge in [0.25, 0.3) is 5.56 Å². The highest BCUT2D eigenvalue weighted by Crippen LogP contribution is 2.56. The Morgan fingerprint density at radius 1 is 1.06 bits per heavy atom. The Labute approximate surface area is 209 Å². The molecule has 2 bridgehead atoms. The fourth-order valence-electron chi connectivity index (χ4n) is 6.60. The molecule has 36 heavy (non-hydrogen) atoms. The Balaban J connectivity index is 1.43. The lowest BCUT2D eigenvalue weighted by Crippen LogP contribution is -2.49. The third-order valence-electron chi connectivity index (χ3n) is 8.29. The number of aromatic nitrogens is 3. The van der Waals surface area contributed by atoms with Crippen LogP contribution in [0.5, 0.6) is 5.75 Å². The van der Waals surface area contributed by atoms with Crippen LogP contribution < -0.4 is 10.5 Å². The van der Waals surface area contributed by atoms with Crippen molar-refractivity contribution in [2.24, 2.45) is 17.9 Å². The minimum atomic E-state index is -1.23. The molecule has 1 N–H and O–H groups in total. The standard InChI is InChI=1S/C28H32F2N4O2/c1-27-9-5-10-28(2,16-27)15-18(14-27)34(4)22-7-6-20(31-32-22)24-21(35)13-19(25(29)26(24)30)17-8-11-33(3)23(36)12-17/h6-8,11-13,18,35H,5,9-10,14-16H2,1-4H3/t18?,27-,28+. The van der Waals surface area contributed by atoms with Crippen LogP contribution in [0.4, 0.5) is 14.6 Å². The summed E-state index contributed by atoms with van der Waals surface area (Å²) >= 11 is 0. The SMILES string of the molecule is CN(c1ccc(-c2c(O)cc(-c3ccn(C)c(=O)c3)c(F)c2F)nn1)C1C[C@]2(C)CCC[C@](C)(C1)C2. The molecule has 3 aromatic rings. The number of anilines is 1. The summed E-state index contributed by atoms with van der Waals surface area (Å²) in [6.07, 6.45) is 8.67. The Hall–Kier alpha value is -3.29. The molecule has 2 saturated carbocycles. The molecule has 2 fully saturated rings.